The van der Waals surface area contributed by atoms with Crippen LogP contribution in [0.4, 0.5) is 5.69 Å². The van der Waals surface area contributed by atoms with Crippen LogP contribution in [0, 0.1) is 0 Å². The van der Waals surface area contributed by atoms with Gasteiger partial charge < -0.3 is 10.6 Å². The van der Waals surface area contributed by atoms with Crippen LogP contribution in [0.5, 0.6) is 0 Å². The second-order valence-electron chi connectivity index (χ2n) is 4.26. The lowest BCUT2D eigenvalue weighted by molar-refractivity contribution is 0.0951. The summed E-state index contributed by atoms with van der Waals surface area (Å²) in [6.07, 6.45) is 4.37. The highest BCUT2D eigenvalue weighted by molar-refractivity contribution is 7.09. The number of thiazole rings is 1. The van der Waals surface area contributed by atoms with Gasteiger partial charge >= 0.3 is 0 Å². The molecule has 106 valence electrons. The van der Waals surface area contributed by atoms with Crippen LogP contribution < -0.4 is 10.6 Å². The van der Waals surface area contributed by atoms with E-state index in [1.807, 2.05) is 18.4 Å². The van der Waals surface area contributed by atoms with Gasteiger partial charge in [0, 0.05) is 30.0 Å². The Bertz CT molecular complexity index is 556. The fourth-order valence-electron chi connectivity index (χ4n) is 1.84. The molecule has 0 aliphatic heterocycles. The van der Waals surface area contributed by atoms with E-state index < -0.39 is 0 Å². The van der Waals surface area contributed by atoms with Crippen molar-refractivity contribution < 1.29 is 4.79 Å². The normalized spacial score (nSPS) is 11.9. The van der Waals surface area contributed by atoms with Crippen molar-refractivity contribution >= 4 is 22.9 Å². The number of nitrogens with one attached hydrogen (secondary N) is 2. The SMILES string of the molecule is CCNC(=O)c1cc(NC(CC)c2nccs2)ccn1. The molecular weight excluding hydrogens is 272 g/mol. The molecule has 0 saturated carbocycles. The van der Waals surface area contributed by atoms with Gasteiger partial charge in [-0.15, -0.1) is 11.3 Å². The largest absolute Gasteiger partial charge is 0.376 e. The van der Waals surface area contributed by atoms with Crippen LogP contribution in [0.3, 0.4) is 0 Å². The standard InChI is InChI=1S/C14H18N4OS/c1-3-11(14-17-7-8-20-14)18-10-5-6-16-12(9-10)13(19)15-4-2/h5-9,11H,3-4H2,1-2H3,(H,15,19)(H,16,18). The number of hydrogen-bond donors (Lipinski definition) is 2. The van der Waals surface area contributed by atoms with Crippen molar-refractivity contribution in [2.45, 2.75) is 26.3 Å². The van der Waals surface area contributed by atoms with Crippen molar-refractivity contribution in [2.75, 3.05) is 11.9 Å². The molecule has 2 heterocycles. The molecule has 2 rings (SSSR count). The molecule has 0 aromatic carbocycles. The van der Waals surface area contributed by atoms with Gasteiger partial charge in [-0.2, -0.15) is 0 Å². The molecule has 6 heteroatoms. The summed E-state index contributed by atoms with van der Waals surface area (Å²) in [6.45, 7) is 4.58. The fourth-order valence-corrected chi connectivity index (χ4v) is 2.61. The van der Waals surface area contributed by atoms with Crippen LogP contribution in [0.25, 0.3) is 0 Å². The number of carbonyl (C=O) groups excluding carboxylic acids is 1. The first-order valence-electron chi connectivity index (χ1n) is 6.64. The molecule has 2 aromatic heterocycles. The van der Waals surface area contributed by atoms with Crippen molar-refractivity contribution in [1.82, 2.24) is 15.3 Å². The van der Waals surface area contributed by atoms with Crippen molar-refractivity contribution in [3.63, 3.8) is 0 Å². The zero-order valence-corrected chi connectivity index (χ0v) is 12.4. The molecule has 20 heavy (non-hydrogen) atoms. The summed E-state index contributed by atoms with van der Waals surface area (Å²) in [5.41, 5.74) is 1.30. The van der Waals surface area contributed by atoms with Crippen LogP contribution in [-0.2, 0) is 0 Å². The molecule has 0 aliphatic carbocycles. The highest BCUT2D eigenvalue weighted by atomic mass is 32.1. The molecule has 0 radical (unpaired) electrons. The Morgan fingerprint density at radius 1 is 1.35 bits per heavy atom. The molecular formula is C14H18N4OS. The Labute approximate surface area is 122 Å². The summed E-state index contributed by atoms with van der Waals surface area (Å²) in [7, 11) is 0. The molecule has 2 aromatic rings. The van der Waals surface area contributed by atoms with E-state index in [0.29, 0.717) is 12.2 Å². The number of aromatic nitrogens is 2. The van der Waals surface area contributed by atoms with Gasteiger partial charge in [-0.05, 0) is 25.5 Å². The second kappa shape index (κ2) is 7.00. The highest BCUT2D eigenvalue weighted by Crippen LogP contribution is 2.24. The van der Waals surface area contributed by atoms with E-state index in [0.717, 1.165) is 17.1 Å². The van der Waals surface area contributed by atoms with Crippen LogP contribution in [0.2, 0.25) is 0 Å². The minimum absolute atomic E-state index is 0.152. The fraction of sp³-hybridized carbons (Fsp3) is 0.357. The van der Waals surface area contributed by atoms with Gasteiger partial charge in [-0.1, -0.05) is 6.92 Å². The molecule has 1 amide bonds. The predicted molar refractivity (Wildman–Crippen MR) is 81.0 cm³/mol. The Balaban J connectivity index is 2.13. The molecule has 0 saturated heterocycles. The summed E-state index contributed by atoms with van der Waals surface area (Å²) in [5, 5.41) is 9.15. The van der Waals surface area contributed by atoms with E-state index in [1.54, 1.807) is 29.8 Å². The molecule has 0 bridgehead atoms. The third-order valence-corrected chi connectivity index (χ3v) is 3.72. The van der Waals surface area contributed by atoms with Crippen molar-refractivity contribution in [2.24, 2.45) is 0 Å². The molecule has 0 spiro atoms. The zero-order chi connectivity index (χ0) is 14.4. The molecule has 5 nitrogen and oxygen atoms in total. The maximum Gasteiger partial charge on any atom is 0.269 e. The van der Waals surface area contributed by atoms with Gasteiger partial charge in [0.15, 0.2) is 0 Å². The lowest BCUT2D eigenvalue weighted by Gasteiger charge is -2.16. The number of amides is 1. The molecule has 2 N–H and O–H groups in total. The lowest BCUT2D eigenvalue weighted by atomic mass is 10.2. The van der Waals surface area contributed by atoms with Gasteiger partial charge in [0.05, 0.1) is 6.04 Å². The van der Waals surface area contributed by atoms with Gasteiger partial charge in [0.2, 0.25) is 0 Å². The van der Waals surface area contributed by atoms with E-state index in [2.05, 4.69) is 27.5 Å². The highest BCUT2D eigenvalue weighted by Gasteiger charge is 2.13. The van der Waals surface area contributed by atoms with Gasteiger partial charge in [-0.25, -0.2) is 4.98 Å². The van der Waals surface area contributed by atoms with Crippen molar-refractivity contribution in [3.8, 4) is 0 Å². The first-order valence-corrected chi connectivity index (χ1v) is 7.52. The molecule has 1 unspecified atom stereocenters. The third kappa shape index (κ3) is 3.54. The van der Waals surface area contributed by atoms with Gasteiger partial charge in [0.1, 0.15) is 10.7 Å². The van der Waals surface area contributed by atoms with Crippen molar-refractivity contribution in [3.05, 3.63) is 40.6 Å². The summed E-state index contributed by atoms with van der Waals surface area (Å²) >= 11 is 1.62. The number of nitrogens with zero attached hydrogens (tertiary/aromatic N) is 2. The molecule has 1 atom stereocenters. The maximum atomic E-state index is 11.8. The quantitative estimate of drug-likeness (QED) is 0.858. The van der Waals surface area contributed by atoms with Crippen molar-refractivity contribution in [1.29, 1.82) is 0 Å². The number of carbonyl (C=O) groups is 1. The lowest BCUT2D eigenvalue weighted by Crippen LogP contribution is -2.23. The van der Waals surface area contributed by atoms with E-state index >= 15 is 0 Å². The van der Waals surface area contributed by atoms with E-state index in [4.69, 9.17) is 0 Å². The monoisotopic (exact) mass is 290 g/mol. The number of hydrogen-bond acceptors (Lipinski definition) is 5. The molecule has 0 aliphatic rings. The smallest absolute Gasteiger partial charge is 0.269 e. The first-order chi connectivity index (χ1) is 9.74. The summed E-state index contributed by atoms with van der Waals surface area (Å²) in [4.78, 5) is 20.2. The van der Waals surface area contributed by atoms with Crippen LogP contribution in [-0.4, -0.2) is 22.4 Å². The third-order valence-electron chi connectivity index (χ3n) is 2.83. The van der Waals surface area contributed by atoms with Crippen LogP contribution in [0.15, 0.2) is 29.9 Å². The average molecular weight is 290 g/mol. The summed E-state index contributed by atoms with van der Waals surface area (Å²) in [5.74, 6) is -0.154. The Morgan fingerprint density at radius 3 is 2.85 bits per heavy atom. The summed E-state index contributed by atoms with van der Waals surface area (Å²) in [6, 6.07) is 3.78. The number of rotatable bonds is 6. The Hall–Kier alpha value is -1.95. The second-order valence-corrected chi connectivity index (χ2v) is 5.19. The van der Waals surface area contributed by atoms with E-state index in [1.165, 1.54) is 0 Å². The molecule has 0 fully saturated rings. The topological polar surface area (TPSA) is 66.9 Å². The average Bonchev–Trinajstić information content (AvgIpc) is 2.99. The Morgan fingerprint density at radius 2 is 2.20 bits per heavy atom. The Kier molecular flexibility index (Phi) is 5.06. The van der Waals surface area contributed by atoms with Gasteiger partial charge in [-0.3, -0.25) is 9.78 Å². The minimum atomic E-state index is -0.154. The first kappa shape index (κ1) is 14.5. The van der Waals surface area contributed by atoms with Crippen LogP contribution in [0.1, 0.15) is 41.8 Å². The predicted octanol–water partition coefficient (Wildman–Crippen LogP) is 2.85. The maximum absolute atomic E-state index is 11.8. The van der Waals surface area contributed by atoms with Gasteiger partial charge in [0.25, 0.3) is 5.91 Å². The van der Waals surface area contributed by atoms with Crippen LogP contribution >= 0.6 is 11.3 Å². The minimum Gasteiger partial charge on any atom is -0.376 e. The zero-order valence-electron chi connectivity index (χ0n) is 11.6. The van der Waals surface area contributed by atoms with E-state index in [-0.39, 0.29) is 11.9 Å². The number of pyridine rings is 1. The van der Waals surface area contributed by atoms with E-state index in [9.17, 15) is 4.79 Å². The summed E-state index contributed by atoms with van der Waals surface area (Å²) < 4.78 is 0. The number of anilines is 1.